The SMILES string of the molecule is N[C@@H](C(=O)O)[C@@H]1CCCNC1. The molecule has 11 heavy (non-hydrogen) atoms. The van der Waals surface area contributed by atoms with E-state index in [1.807, 2.05) is 0 Å². The Morgan fingerprint density at radius 1 is 1.73 bits per heavy atom. The zero-order valence-electron chi connectivity index (χ0n) is 6.42. The fourth-order valence-electron chi connectivity index (χ4n) is 1.39. The van der Waals surface area contributed by atoms with E-state index in [1.54, 1.807) is 0 Å². The molecule has 1 saturated heterocycles. The number of carboxylic acid groups (broad SMARTS) is 1. The Kier molecular flexibility index (Phi) is 2.84. The van der Waals surface area contributed by atoms with E-state index >= 15 is 0 Å². The highest BCUT2D eigenvalue weighted by atomic mass is 16.4. The van der Waals surface area contributed by atoms with Crippen LogP contribution in [0.3, 0.4) is 0 Å². The van der Waals surface area contributed by atoms with Crippen molar-refractivity contribution in [3.05, 3.63) is 0 Å². The summed E-state index contributed by atoms with van der Waals surface area (Å²) >= 11 is 0. The van der Waals surface area contributed by atoms with Crippen LogP contribution in [0.1, 0.15) is 12.8 Å². The van der Waals surface area contributed by atoms with E-state index in [0.29, 0.717) is 0 Å². The highest BCUT2D eigenvalue weighted by Gasteiger charge is 2.25. The van der Waals surface area contributed by atoms with Crippen LogP contribution < -0.4 is 11.1 Å². The zero-order valence-corrected chi connectivity index (χ0v) is 6.42. The Morgan fingerprint density at radius 2 is 2.45 bits per heavy atom. The Balaban J connectivity index is 2.38. The Hall–Kier alpha value is -0.610. The minimum absolute atomic E-state index is 0.112. The predicted octanol–water partition coefficient (Wildman–Crippen LogP) is -0.602. The Morgan fingerprint density at radius 3 is 2.91 bits per heavy atom. The number of carbonyl (C=O) groups is 1. The second kappa shape index (κ2) is 3.69. The molecular weight excluding hydrogens is 144 g/mol. The summed E-state index contributed by atoms with van der Waals surface area (Å²) in [6.07, 6.45) is 1.96. The van der Waals surface area contributed by atoms with Gasteiger partial charge in [0, 0.05) is 6.54 Å². The van der Waals surface area contributed by atoms with Crippen LogP contribution >= 0.6 is 0 Å². The molecule has 0 bridgehead atoms. The molecule has 0 unspecified atom stereocenters. The number of rotatable bonds is 2. The molecule has 1 fully saturated rings. The van der Waals surface area contributed by atoms with Gasteiger partial charge in [0.05, 0.1) is 0 Å². The normalized spacial score (nSPS) is 27.9. The molecular formula is C7H14N2O2. The number of hydrogen-bond acceptors (Lipinski definition) is 3. The number of nitrogens with two attached hydrogens (primary N) is 1. The van der Waals surface area contributed by atoms with Crippen LogP contribution in [0.25, 0.3) is 0 Å². The predicted molar refractivity (Wildman–Crippen MR) is 41.2 cm³/mol. The lowest BCUT2D eigenvalue weighted by Gasteiger charge is -2.25. The number of carboxylic acids is 1. The quantitative estimate of drug-likeness (QED) is 0.501. The standard InChI is InChI=1S/C7H14N2O2/c8-6(7(10)11)5-2-1-3-9-4-5/h5-6,9H,1-4,8H2,(H,10,11)/t5-,6-/m1/s1. The highest BCUT2D eigenvalue weighted by molar-refractivity contribution is 5.73. The van der Waals surface area contributed by atoms with E-state index in [1.165, 1.54) is 0 Å². The van der Waals surface area contributed by atoms with E-state index in [9.17, 15) is 4.79 Å². The van der Waals surface area contributed by atoms with Gasteiger partial charge in [0.1, 0.15) is 6.04 Å². The van der Waals surface area contributed by atoms with Gasteiger partial charge < -0.3 is 16.2 Å². The van der Waals surface area contributed by atoms with E-state index in [-0.39, 0.29) is 5.92 Å². The van der Waals surface area contributed by atoms with Crippen molar-refractivity contribution in [3.63, 3.8) is 0 Å². The van der Waals surface area contributed by atoms with Crippen molar-refractivity contribution in [2.24, 2.45) is 11.7 Å². The van der Waals surface area contributed by atoms with Crippen molar-refractivity contribution in [3.8, 4) is 0 Å². The Labute approximate surface area is 65.8 Å². The fraction of sp³-hybridized carbons (Fsp3) is 0.857. The van der Waals surface area contributed by atoms with E-state index in [2.05, 4.69) is 5.32 Å². The summed E-state index contributed by atoms with van der Waals surface area (Å²) < 4.78 is 0. The smallest absolute Gasteiger partial charge is 0.320 e. The van der Waals surface area contributed by atoms with Gasteiger partial charge in [0.15, 0.2) is 0 Å². The third-order valence-electron chi connectivity index (χ3n) is 2.13. The molecule has 1 aliphatic heterocycles. The highest BCUT2D eigenvalue weighted by Crippen LogP contribution is 2.12. The molecule has 4 N–H and O–H groups in total. The maximum absolute atomic E-state index is 10.4. The van der Waals surface area contributed by atoms with Crippen LogP contribution in [0.4, 0.5) is 0 Å². The fourth-order valence-corrected chi connectivity index (χ4v) is 1.39. The largest absolute Gasteiger partial charge is 0.480 e. The number of piperidine rings is 1. The van der Waals surface area contributed by atoms with Crippen LogP contribution in [0.2, 0.25) is 0 Å². The van der Waals surface area contributed by atoms with Crippen molar-refractivity contribution >= 4 is 5.97 Å². The first-order valence-electron chi connectivity index (χ1n) is 3.91. The molecule has 0 aromatic heterocycles. The summed E-state index contributed by atoms with van der Waals surface area (Å²) in [5, 5.41) is 11.7. The summed E-state index contributed by atoms with van der Waals surface area (Å²) in [7, 11) is 0. The Bertz CT molecular complexity index is 143. The third-order valence-corrected chi connectivity index (χ3v) is 2.13. The van der Waals surface area contributed by atoms with Gasteiger partial charge in [-0.2, -0.15) is 0 Å². The lowest BCUT2D eigenvalue weighted by Crippen LogP contribution is -2.45. The lowest BCUT2D eigenvalue weighted by atomic mass is 9.92. The molecule has 0 radical (unpaired) electrons. The maximum Gasteiger partial charge on any atom is 0.320 e. The van der Waals surface area contributed by atoms with Gasteiger partial charge in [-0.3, -0.25) is 4.79 Å². The van der Waals surface area contributed by atoms with Crippen molar-refractivity contribution < 1.29 is 9.90 Å². The number of hydrogen-bond donors (Lipinski definition) is 3. The molecule has 1 aliphatic rings. The molecule has 64 valence electrons. The molecule has 0 aromatic carbocycles. The van der Waals surface area contributed by atoms with Gasteiger partial charge in [0.2, 0.25) is 0 Å². The van der Waals surface area contributed by atoms with Gasteiger partial charge in [-0.15, -0.1) is 0 Å². The van der Waals surface area contributed by atoms with Crippen molar-refractivity contribution in [1.29, 1.82) is 0 Å². The van der Waals surface area contributed by atoms with Crippen LogP contribution in [0, 0.1) is 5.92 Å². The van der Waals surface area contributed by atoms with Crippen LogP contribution in [0.15, 0.2) is 0 Å². The summed E-state index contributed by atoms with van der Waals surface area (Å²) in [6.45, 7) is 1.73. The second-order valence-corrected chi connectivity index (χ2v) is 2.97. The molecule has 4 nitrogen and oxygen atoms in total. The van der Waals surface area contributed by atoms with Gasteiger partial charge in [-0.1, -0.05) is 0 Å². The van der Waals surface area contributed by atoms with E-state index in [4.69, 9.17) is 10.8 Å². The molecule has 0 amide bonds. The average Bonchev–Trinajstić information content (AvgIpc) is 2.05. The molecule has 1 heterocycles. The van der Waals surface area contributed by atoms with Gasteiger partial charge in [-0.05, 0) is 25.3 Å². The first-order chi connectivity index (χ1) is 5.22. The number of aliphatic carboxylic acids is 1. The first kappa shape index (κ1) is 8.49. The van der Waals surface area contributed by atoms with Crippen molar-refractivity contribution in [2.75, 3.05) is 13.1 Å². The molecule has 0 aromatic rings. The van der Waals surface area contributed by atoms with Crippen LogP contribution in [0.5, 0.6) is 0 Å². The van der Waals surface area contributed by atoms with Crippen LogP contribution in [-0.4, -0.2) is 30.2 Å². The maximum atomic E-state index is 10.4. The molecule has 0 spiro atoms. The summed E-state index contributed by atoms with van der Waals surface area (Å²) in [5.74, 6) is -0.778. The minimum Gasteiger partial charge on any atom is -0.480 e. The minimum atomic E-state index is -0.890. The number of nitrogens with one attached hydrogen (secondary N) is 1. The monoisotopic (exact) mass is 158 g/mol. The van der Waals surface area contributed by atoms with Crippen molar-refractivity contribution in [2.45, 2.75) is 18.9 Å². The third kappa shape index (κ3) is 2.17. The molecule has 0 saturated carbocycles. The van der Waals surface area contributed by atoms with Gasteiger partial charge in [-0.25, -0.2) is 0 Å². The molecule has 1 rings (SSSR count). The topological polar surface area (TPSA) is 75.4 Å². The van der Waals surface area contributed by atoms with Gasteiger partial charge in [0.25, 0.3) is 0 Å². The van der Waals surface area contributed by atoms with Crippen molar-refractivity contribution in [1.82, 2.24) is 5.32 Å². The summed E-state index contributed by atoms with van der Waals surface area (Å²) in [6, 6.07) is -0.692. The molecule has 4 heteroatoms. The molecule has 2 atom stereocenters. The average molecular weight is 158 g/mol. The second-order valence-electron chi connectivity index (χ2n) is 2.97. The molecule has 0 aliphatic carbocycles. The van der Waals surface area contributed by atoms with Gasteiger partial charge >= 0.3 is 5.97 Å². The summed E-state index contributed by atoms with van der Waals surface area (Å²) in [5.41, 5.74) is 5.45. The van der Waals surface area contributed by atoms with E-state index < -0.39 is 12.0 Å². The zero-order chi connectivity index (χ0) is 8.27. The first-order valence-corrected chi connectivity index (χ1v) is 3.91. The lowest BCUT2D eigenvalue weighted by molar-refractivity contribution is -0.140. The summed E-state index contributed by atoms with van der Waals surface area (Å²) in [4.78, 5) is 10.4. The van der Waals surface area contributed by atoms with E-state index in [0.717, 1.165) is 25.9 Å². The van der Waals surface area contributed by atoms with Crippen LogP contribution in [-0.2, 0) is 4.79 Å².